The van der Waals surface area contributed by atoms with Gasteiger partial charge in [0, 0.05) is 10.9 Å². The number of para-hydroxylation sites is 1. The summed E-state index contributed by atoms with van der Waals surface area (Å²) in [6.07, 6.45) is 0. The third kappa shape index (κ3) is 2.58. The first kappa shape index (κ1) is 15.4. The molecule has 1 aromatic carbocycles. The molecular formula is C16H23ClN2O. The lowest BCUT2D eigenvalue weighted by Gasteiger charge is -2.40. The van der Waals surface area contributed by atoms with Crippen molar-refractivity contribution in [1.82, 2.24) is 4.90 Å². The third-order valence-corrected chi connectivity index (χ3v) is 4.46. The van der Waals surface area contributed by atoms with E-state index in [2.05, 4.69) is 32.6 Å². The maximum absolute atomic E-state index is 6.46. The first-order valence-electron chi connectivity index (χ1n) is 7.10. The Morgan fingerprint density at radius 3 is 2.50 bits per heavy atom. The molecule has 1 aromatic heterocycles. The van der Waals surface area contributed by atoms with Crippen LogP contribution in [0.5, 0.6) is 0 Å². The lowest BCUT2D eigenvalue weighted by molar-refractivity contribution is 0.0990. The number of furan rings is 1. The zero-order chi connectivity index (χ0) is 14.9. The highest BCUT2D eigenvalue weighted by molar-refractivity contribution is 6.34. The fourth-order valence-corrected chi connectivity index (χ4v) is 3.00. The first-order chi connectivity index (χ1) is 9.41. The number of hydrogen-bond donors (Lipinski definition) is 1. The van der Waals surface area contributed by atoms with Crippen LogP contribution in [0.25, 0.3) is 11.0 Å². The van der Waals surface area contributed by atoms with E-state index in [4.69, 9.17) is 21.8 Å². The predicted octanol–water partition coefficient (Wildman–Crippen LogP) is 4.21. The largest absolute Gasteiger partial charge is 0.458 e. The van der Waals surface area contributed by atoms with Crippen molar-refractivity contribution in [2.45, 2.75) is 39.3 Å². The fourth-order valence-electron chi connectivity index (χ4n) is 2.78. The van der Waals surface area contributed by atoms with Gasteiger partial charge in [0.05, 0.1) is 11.1 Å². The van der Waals surface area contributed by atoms with Gasteiger partial charge in [-0.2, -0.15) is 0 Å². The smallest absolute Gasteiger partial charge is 0.152 e. The Balaban J connectivity index is 2.40. The Labute approximate surface area is 125 Å². The van der Waals surface area contributed by atoms with Crippen molar-refractivity contribution in [1.29, 1.82) is 0 Å². The van der Waals surface area contributed by atoms with Gasteiger partial charge < -0.3 is 10.2 Å². The summed E-state index contributed by atoms with van der Waals surface area (Å²) >= 11 is 6.16. The van der Waals surface area contributed by atoms with Gasteiger partial charge in [0.1, 0.15) is 5.76 Å². The summed E-state index contributed by atoms with van der Waals surface area (Å²) in [4.78, 5) is 2.34. The second-order valence-corrected chi connectivity index (χ2v) is 6.02. The average Bonchev–Trinajstić information content (AvgIpc) is 2.84. The van der Waals surface area contributed by atoms with E-state index in [9.17, 15) is 0 Å². The van der Waals surface area contributed by atoms with Crippen molar-refractivity contribution in [2.24, 2.45) is 5.73 Å². The minimum atomic E-state index is -0.203. The summed E-state index contributed by atoms with van der Waals surface area (Å²) in [5.74, 6) is 0.782. The lowest BCUT2D eigenvalue weighted by Crippen LogP contribution is -2.51. The molecule has 20 heavy (non-hydrogen) atoms. The molecule has 2 N–H and O–H groups in total. The van der Waals surface area contributed by atoms with Crippen molar-refractivity contribution < 1.29 is 4.42 Å². The van der Waals surface area contributed by atoms with Crippen LogP contribution in [0.1, 0.15) is 39.5 Å². The highest BCUT2D eigenvalue weighted by atomic mass is 35.5. The molecule has 110 valence electrons. The molecule has 0 saturated carbocycles. The number of benzene rings is 1. The molecule has 0 bridgehead atoms. The molecule has 4 heteroatoms. The van der Waals surface area contributed by atoms with Crippen molar-refractivity contribution in [3.63, 3.8) is 0 Å². The van der Waals surface area contributed by atoms with Gasteiger partial charge in [-0.25, -0.2) is 0 Å². The van der Waals surface area contributed by atoms with E-state index in [1.807, 2.05) is 24.3 Å². The minimum Gasteiger partial charge on any atom is -0.458 e. The van der Waals surface area contributed by atoms with Crippen LogP contribution in [-0.4, -0.2) is 23.5 Å². The Hall–Kier alpha value is -1.03. The van der Waals surface area contributed by atoms with Crippen LogP contribution in [0.4, 0.5) is 0 Å². The van der Waals surface area contributed by atoms with Crippen LogP contribution >= 0.6 is 11.6 Å². The topological polar surface area (TPSA) is 42.4 Å². The zero-order valence-corrected chi connectivity index (χ0v) is 13.4. The number of likely N-dealkylation sites (N-methyl/N-ethyl adjacent to an activating group) is 1. The molecule has 1 atom stereocenters. The predicted molar refractivity (Wildman–Crippen MR) is 85.2 cm³/mol. The van der Waals surface area contributed by atoms with Gasteiger partial charge in [0.25, 0.3) is 0 Å². The van der Waals surface area contributed by atoms with Gasteiger partial charge >= 0.3 is 0 Å². The normalized spacial score (nSPS) is 14.2. The molecule has 2 aromatic rings. The van der Waals surface area contributed by atoms with Crippen molar-refractivity contribution in [3.05, 3.63) is 35.0 Å². The van der Waals surface area contributed by atoms with Gasteiger partial charge in [-0.3, -0.25) is 4.90 Å². The molecule has 0 spiro atoms. The van der Waals surface area contributed by atoms with Crippen LogP contribution in [0.2, 0.25) is 5.02 Å². The molecular weight excluding hydrogens is 272 g/mol. The number of nitrogens with zero attached hydrogens (tertiary/aromatic N) is 1. The standard InChI is InChI=1S/C16H23ClN2O/c1-5-19(6-2)16(3,4)15(18)13-10-11-8-7-9-12(17)14(11)20-13/h7-10,15H,5-6,18H2,1-4H3. The quantitative estimate of drug-likeness (QED) is 0.898. The van der Waals surface area contributed by atoms with Crippen molar-refractivity contribution in [3.8, 4) is 0 Å². The highest BCUT2D eigenvalue weighted by Crippen LogP contribution is 2.34. The maximum Gasteiger partial charge on any atom is 0.152 e. The van der Waals surface area contributed by atoms with Gasteiger partial charge in [-0.15, -0.1) is 0 Å². The van der Waals surface area contributed by atoms with Crippen molar-refractivity contribution >= 4 is 22.6 Å². The molecule has 0 saturated heterocycles. The molecule has 2 rings (SSSR count). The Morgan fingerprint density at radius 1 is 1.30 bits per heavy atom. The molecule has 0 radical (unpaired) electrons. The summed E-state index contributed by atoms with van der Waals surface area (Å²) in [6.45, 7) is 10.5. The van der Waals surface area contributed by atoms with E-state index in [1.54, 1.807) is 0 Å². The third-order valence-electron chi connectivity index (χ3n) is 4.16. The molecule has 1 heterocycles. The van der Waals surface area contributed by atoms with Gasteiger partial charge in [0.15, 0.2) is 5.58 Å². The van der Waals surface area contributed by atoms with E-state index in [-0.39, 0.29) is 11.6 Å². The molecule has 0 aliphatic heterocycles. The number of fused-ring (bicyclic) bond motifs is 1. The van der Waals surface area contributed by atoms with E-state index in [0.29, 0.717) is 5.02 Å². The minimum absolute atomic E-state index is 0.177. The Morgan fingerprint density at radius 2 is 1.95 bits per heavy atom. The Bertz CT molecular complexity index is 587. The summed E-state index contributed by atoms with van der Waals surface area (Å²) in [5.41, 5.74) is 7.00. The van der Waals surface area contributed by atoms with E-state index < -0.39 is 0 Å². The zero-order valence-electron chi connectivity index (χ0n) is 12.6. The van der Waals surface area contributed by atoms with Gasteiger partial charge in [-0.05, 0) is 39.1 Å². The summed E-state index contributed by atoms with van der Waals surface area (Å²) in [5, 5.41) is 1.62. The molecule has 0 amide bonds. The molecule has 3 nitrogen and oxygen atoms in total. The molecule has 0 aliphatic carbocycles. The number of hydrogen-bond acceptors (Lipinski definition) is 3. The molecule has 0 fully saturated rings. The molecule has 1 unspecified atom stereocenters. The number of rotatable bonds is 5. The van der Waals surface area contributed by atoms with Crippen LogP contribution in [0, 0.1) is 0 Å². The van der Waals surface area contributed by atoms with E-state index in [0.717, 1.165) is 29.8 Å². The highest BCUT2D eigenvalue weighted by Gasteiger charge is 2.34. The van der Waals surface area contributed by atoms with Gasteiger partial charge in [-0.1, -0.05) is 37.6 Å². The Kier molecular flexibility index (Phi) is 4.43. The molecule has 0 aliphatic rings. The average molecular weight is 295 g/mol. The fraction of sp³-hybridized carbons (Fsp3) is 0.500. The van der Waals surface area contributed by atoms with Crippen LogP contribution in [-0.2, 0) is 0 Å². The van der Waals surface area contributed by atoms with Crippen LogP contribution in [0.15, 0.2) is 28.7 Å². The van der Waals surface area contributed by atoms with Crippen LogP contribution < -0.4 is 5.73 Å². The second-order valence-electron chi connectivity index (χ2n) is 5.61. The first-order valence-corrected chi connectivity index (χ1v) is 7.48. The lowest BCUT2D eigenvalue weighted by atomic mass is 9.91. The summed E-state index contributed by atoms with van der Waals surface area (Å²) < 4.78 is 5.90. The SMILES string of the molecule is CCN(CC)C(C)(C)C(N)c1cc2cccc(Cl)c2o1. The summed E-state index contributed by atoms with van der Waals surface area (Å²) in [7, 11) is 0. The second kappa shape index (κ2) is 5.76. The number of nitrogens with two attached hydrogens (primary N) is 1. The van der Waals surface area contributed by atoms with Crippen molar-refractivity contribution in [2.75, 3.05) is 13.1 Å². The monoisotopic (exact) mass is 294 g/mol. The number of halogens is 1. The van der Waals surface area contributed by atoms with E-state index in [1.165, 1.54) is 0 Å². The maximum atomic E-state index is 6.46. The summed E-state index contributed by atoms with van der Waals surface area (Å²) in [6, 6.07) is 7.54. The van der Waals surface area contributed by atoms with Crippen LogP contribution in [0.3, 0.4) is 0 Å². The van der Waals surface area contributed by atoms with Gasteiger partial charge in [0.2, 0.25) is 0 Å². The van der Waals surface area contributed by atoms with E-state index >= 15 is 0 Å².